The first-order valence-electron chi connectivity index (χ1n) is 11.9. The van der Waals surface area contributed by atoms with Gasteiger partial charge in [0.05, 0.1) is 0 Å². The zero-order valence-corrected chi connectivity index (χ0v) is 22.2. The van der Waals surface area contributed by atoms with E-state index in [4.69, 9.17) is 11.6 Å². The van der Waals surface area contributed by atoms with Crippen molar-refractivity contribution in [3.8, 4) is 0 Å². The van der Waals surface area contributed by atoms with Crippen molar-refractivity contribution in [2.75, 3.05) is 6.54 Å². The van der Waals surface area contributed by atoms with Gasteiger partial charge in [-0.15, -0.1) is 12.4 Å². The van der Waals surface area contributed by atoms with Gasteiger partial charge in [0, 0.05) is 20.0 Å². The number of fused-ring (bicyclic) bond motifs is 3. The van der Waals surface area contributed by atoms with Crippen LogP contribution in [-0.4, -0.2) is 12.6 Å². The van der Waals surface area contributed by atoms with Crippen molar-refractivity contribution < 1.29 is 0 Å². The third-order valence-corrected chi connectivity index (χ3v) is 8.29. The van der Waals surface area contributed by atoms with Crippen LogP contribution in [0.4, 0.5) is 0 Å². The van der Waals surface area contributed by atoms with Gasteiger partial charge in [-0.25, -0.2) is 0 Å². The van der Waals surface area contributed by atoms with Gasteiger partial charge >= 0.3 is 0 Å². The second-order valence-corrected chi connectivity index (χ2v) is 11.1. The molecule has 0 spiro atoms. The summed E-state index contributed by atoms with van der Waals surface area (Å²) in [7, 11) is 0. The molecule has 2 aromatic carbocycles. The highest BCUT2D eigenvalue weighted by Crippen LogP contribution is 2.45. The highest BCUT2D eigenvalue weighted by Gasteiger charge is 2.47. The predicted molar refractivity (Wildman–Crippen MR) is 145 cm³/mol. The van der Waals surface area contributed by atoms with Crippen LogP contribution in [0.15, 0.2) is 42.5 Å². The predicted octanol–water partition coefficient (Wildman–Crippen LogP) is 8.28. The topological polar surface area (TPSA) is 12.0 Å². The van der Waals surface area contributed by atoms with E-state index in [2.05, 4.69) is 58.2 Å². The maximum atomic E-state index is 6.05. The second kappa shape index (κ2) is 12.3. The van der Waals surface area contributed by atoms with E-state index < -0.39 is 0 Å². The molecule has 0 radical (unpaired) electrons. The van der Waals surface area contributed by atoms with Gasteiger partial charge in [-0.3, -0.25) is 0 Å². The van der Waals surface area contributed by atoms with Crippen LogP contribution in [0, 0.1) is 3.57 Å². The van der Waals surface area contributed by atoms with E-state index in [0.717, 1.165) is 18.0 Å². The number of halogens is 3. The van der Waals surface area contributed by atoms with E-state index in [9.17, 15) is 0 Å². The molecule has 0 bridgehead atoms. The Hall–Kier alpha value is -0.290. The van der Waals surface area contributed by atoms with Crippen LogP contribution in [0.5, 0.6) is 0 Å². The molecule has 31 heavy (non-hydrogen) atoms. The molecule has 4 heteroatoms. The number of rotatable bonds is 2. The maximum Gasteiger partial charge on any atom is 0.0406 e. The lowest BCUT2D eigenvalue weighted by atomic mass is 9.64. The number of aryl methyl sites for hydroxylation is 1. The monoisotopic (exact) mass is 571 g/mol. The number of benzene rings is 2. The summed E-state index contributed by atoms with van der Waals surface area (Å²) < 4.78 is 1.35. The van der Waals surface area contributed by atoms with Crippen molar-refractivity contribution in [1.82, 2.24) is 5.32 Å². The zero-order chi connectivity index (χ0) is 20.8. The lowest BCUT2D eigenvalue weighted by molar-refractivity contribution is 0.326. The third kappa shape index (κ3) is 6.40. The summed E-state index contributed by atoms with van der Waals surface area (Å²) in [5.74, 6) is 0. The minimum atomic E-state index is 0. The summed E-state index contributed by atoms with van der Waals surface area (Å²) in [4.78, 5) is 0. The van der Waals surface area contributed by atoms with Crippen molar-refractivity contribution in [3.63, 3.8) is 0 Å². The molecule has 1 nitrogen and oxygen atoms in total. The SMILES string of the molecule is C1CCC1.C1CCC1.Cl.Clc1ccc(CC23CCNC2CCc2cc(I)ccc23)cc1. The molecular weight excluding hydrogens is 536 g/mol. The third-order valence-electron chi connectivity index (χ3n) is 7.37. The van der Waals surface area contributed by atoms with Crippen molar-refractivity contribution in [1.29, 1.82) is 0 Å². The van der Waals surface area contributed by atoms with E-state index in [-0.39, 0.29) is 17.8 Å². The van der Waals surface area contributed by atoms with Crippen LogP contribution in [-0.2, 0) is 18.3 Å². The fraction of sp³-hybridized carbons (Fsp3) is 0.556. The summed E-state index contributed by atoms with van der Waals surface area (Å²) in [6.07, 6.45) is 16.8. The van der Waals surface area contributed by atoms with Crippen LogP contribution in [0.1, 0.15) is 80.9 Å². The molecule has 170 valence electrons. The van der Waals surface area contributed by atoms with Crippen LogP contribution in [0.3, 0.4) is 0 Å². The smallest absolute Gasteiger partial charge is 0.0406 e. The van der Waals surface area contributed by atoms with Crippen LogP contribution >= 0.6 is 46.6 Å². The quantitative estimate of drug-likeness (QED) is 0.358. The van der Waals surface area contributed by atoms with Gasteiger partial charge < -0.3 is 5.32 Å². The molecule has 0 amide bonds. The van der Waals surface area contributed by atoms with Gasteiger partial charge in [-0.05, 0) is 95.8 Å². The Morgan fingerprint density at radius 3 is 2.10 bits per heavy atom. The minimum Gasteiger partial charge on any atom is -0.313 e. The van der Waals surface area contributed by atoms with E-state index in [1.807, 2.05) is 12.1 Å². The van der Waals surface area contributed by atoms with E-state index in [0.29, 0.717) is 6.04 Å². The molecule has 3 aliphatic carbocycles. The van der Waals surface area contributed by atoms with Crippen molar-refractivity contribution >= 4 is 46.6 Å². The van der Waals surface area contributed by atoms with E-state index in [1.165, 1.54) is 79.8 Å². The molecule has 2 aromatic rings. The van der Waals surface area contributed by atoms with Gasteiger partial charge in [0.15, 0.2) is 0 Å². The lowest BCUT2D eigenvalue weighted by Gasteiger charge is -2.41. The highest BCUT2D eigenvalue weighted by atomic mass is 127. The molecule has 2 unspecified atom stereocenters. The number of hydrogen-bond acceptors (Lipinski definition) is 1. The fourth-order valence-corrected chi connectivity index (χ4v) is 5.55. The first-order valence-corrected chi connectivity index (χ1v) is 13.4. The largest absolute Gasteiger partial charge is 0.313 e. The van der Waals surface area contributed by atoms with Crippen LogP contribution in [0.2, 0.25) is 5.02 Å². The van der Waals surface area contributed by atoms with Gasteiger partial charge in [0.2, 0.25) is 0 Å². The molecule has 1 heterocycles. The van der Waals surface area contributed by atoms with Crippen LogP contribution < -0.4 is 5.32 Å². The van der Waals surface area contributed by atoms with Gasteiger partial charge in [-0.1, -0.05) is 81.2 Å². The normalized spacial score (nSPS) is 25.0. The average Bonchev–Trinajstić information content (AvgIpc) is 3.04. The minimum absolute atomic E-state index is 0. The standard InChI is InChI=1S/C19H19ClIN.2C4H8.ClH/c20-15-4-1-13(2-5-15)12-19-9-10-22-18(19)8-3-14-11-16(21)6-7-17(14)19;2*1-2-4-3-1;/h1-2,4-7,11,18,22H,3,8-10,12H2;2*1-4H2;1H. The van der Waals surface area contributed by atoms with Crippen molar-refractivity contribution in [3.05, 3.63) is 67.7 Å². The Morgan fingerprint density at radius 2 is 1.52 bits per heavy atom. The maximum absolute atomic E-state index is 6.05. The molecule has 1 aliphatic heterocycles. The molecular formula is C27H36Cl2IN. The van der Waals surface area contributed by atoms with Crippen molar-refractivity contribution in [2.45, 2.75) is 88.5 Å². The van der Waals surface area contributed by atoms with Gasteiger partial charge in [-0.2, -0.15) is 0 Å². The van der Waals surface area contributed by atoms with Crippen molar-refractivity contribution in [2.24, 2.45) is 0 Å². The Labute approximate surface area is 213 Å². The molecule has 3 fully saturated rings. The van der Waals surface area contributed by atoms with Gasteiger partial charge in [0.1, 0.15) is 0 Å². The summed E-state index contributed by atoms with van der Waals surface area (Å²) in [5.41, 5.74) is 4.78. The Morgan fingerprint density at radius 1 is 0.903 bits per heavy atom. The second-order valence-electron chi connectivity index (χ2n) is 9.38. The summed E-state index contributed by atoms with van der Waals surface area (Å²) >= 11 is 8.48. The lowest BCUT2D eigenvalue weighted by Crippen LogP contribution is -2.45. The Balaban J connectivity index is 0.000000254. The summed E-state index contributed by atoms with van der Waals surface area (Å²) in [5, 5.41) is 4.58. The number of nitrogens with one attached hydrogen (secondary N) is 1. The molecule has 2 atom stereocenters. The molecule has 1 N–H and O–H groups in total. The number of hydrogen-bond donors (Lipinski definition) is 1. The molecule has 6 rings (SSSR count). The fourth-order valence-electron chi connectivity index (χ4n) is 4.87. The first-order chi connectivity index (χ1) is 14.7. The van der Waals surface area contributed by atoms with E-state index >= 15 is 0 Å². The molecule has 4 aliphatic rings. The summed E-state index contributed by atoms with van der Waals surface area (Å²) in [6, 6.07) is 16.0. The van der Waals surface area contributed by atoms with E-state index in [1.54, 1.807) is 11.1 Å². The summed E-state index contributed by atoms with van der Waals surface area (Å²) in [6.45, 7) is 1.13. The van der Waals surface area contributed by atoms with Gasteiger partial charge in [0.25, 0.3) is 0 Å². The first kappa shape index (κ1) is 25.3. The van der Waals surface area contributed by atoms with Crippen LogP contribution in [0.25, 0.3) is 0 Å². The highest BCUT2D eigenvalue weighted by molar-refractivity contribution is 14.1. The molecule has 2 saturated carbocycles. The average molecular weight is 572 g/mol. The Kier molecular flexibility index (Phi) is 10.0. The Bertz CT molecular complexity index is 798. The zero-order valence-electron chi connectivity index (χ0n) is 18.5. The molecule has 1 saturated heterocycles. The molecule has 0 aromatic heterocycles.